The number of aromatic nitrogens is 3. The lowest BCUT2D eigenvalue weighted by molar-refractivity contribution is 0.0685. The highest BCUT2D eigenvalue weighted by Crippen LogP contribution is 2.41. The molecule has 46 heavy (non-hydrogen) atoms. The van der Waals surface area contributed by atoms with E-state index < -0.39 is 6.10 Å². The number of hydrogen-bond donors (Lipinski definition) is 4. The standard InChI is InChI=1S/C37H41ClN6O2/c1-25-18-29(44-17-7-14-37(24-44)13-6-16-43(23-37)22-26-8-3-2-4-9-26)20-31-34(25)42-35(41-31)33-30(12-15-39-36(33)46)40-21-32(45)27-10-5-11-28(38)19-27/h2-5,8-12,15,18-20,32,45H,6-7,13-14,16-17,21-24H2,1H3,(H,41,42)(H2,39,40,46)/t32-,37?/m0/s1. The Kier molecular flexibility index (Phi) is 8.60. The fourth-order valence-corrected chi connectivity index (χ4v) is 7.72. The lowest BCUT2D eigenvalue weighted by Crippen LogP contribution is -2.52. The molecule has 2 aliphatic heterocycles. The Morgan fingerprint density at radius 2 is 1.85 bits per heavy atom. The van der Waals surface area contributed by atoms with E-state index in [4.69, 9.17) is 16.6 Å². The number of fused-ring (bicyclic) bond motifs is 1. The summed E-state index contributed by atoms with van der Waals surface area (Å²) in [5.74, 6) is 0.496. The molecular weight excluding hydrogens is 596 g/mol. The molecule has 2 saturated heterocycles. The van der Waals surface area contributed by atoms with E-state index in [0.29, 0.717) is 33.1 Å². The van der Waals surface area contributed by atoms with E-state index in [2.05, 4.69) is 74.5 Å². The number of aliphatic hydroxyl groups excluding tert-OH is 1. The minimum absolute atomic E-state index is 0.208. The highest BCUT2D eigenvalue weighted by Gasteiger charge is 2.39. The van der Waals surface area contributed by atoms with Crippen LogP contribution < -0.4 is 15.8 Å². The fourth-order valence-electron chi connectivity index (χ4n) is 7.52. The molecular formula is C37H41ClN6O2. The highest BCUT2D eigenvalue weighted by atomic mass is 35.5. The van der Waals surface area contributed by atoms with E-state index in [9.17, 15) is 9.90 Å². The van der Waals surface area contributed by atoms with Gasteiger partial charge in [0, 0.05) is 55.0 Å². The molecule has 2 aromatic heterocycles. The van der Waals surface area contributed by atoms with Crippen LogP contribution in [0.25, 0.3) is 22.4 Å². The highest BCUT2D eigenvalue weighted by molar-refractivity contribution is 6.30. The Bertz CT molecular complexity index is 1880. The second-order valence-electron chi connectivity index (χ2n) is 13.1. The summed E-state index contributed by atoms with van der Waals surface area (Å²) in [5.41, 5.74) is 7.17. The van der Waals surface area contributed by atoms with Gasteiger partial charge in [0.1, 0.15) is 11.4 Å². The first-order valence-corrected chi connectivity index (χ1v) is 16.6. The molecule has 1 unspecified atom stereocenters. The first-order valence-electron chi connectivity index (χ1n) is 16.3. The van der Waals surface area contributed by atoms with Crippen molar-refractivity contribution in [3.63, 3.8) is 0 Å². The quantitative estimate of drug-likeness (QED) is 0.148. The summed E-state index contributed by atoms with van der Waals surface area (Å²) in [5, 5.41) is 14.6. The van der Waals surface area contributed by atoms with Crippen molar-refractivity contribution in [2.24, 2.45) is 5.41 Å². The number of rotatable bonds is 8. The average molecular weight is 637 g/mol. The molecule has 0 amide bonds. The lowest BCUT2D eigenvalue weighted by atomic mass is 9.73. The predicted octanol–water partition coefficient (Wildman–Crippen LogP) is 6.91. The number of aryl methyl sites for hydroxylation is 1. The number of nitrogens with one attached hydrogen (secondary N) is 3. The van der Waals surface area contributed by atoms with Crippen LogP contribution in [0.3, 0.4) is 0 Å². The third-order valence-corrected chi connectivity index (χ3v) is 9.93. The van der Waals surface area contributed by atoms with Crippen molar-refractivity contribution in [3.05, 3.63) is 111 Å². The smallest absolute Gasteiger partial charge is 0.261 e. The van der Waals surface area contributed by atoms with E-state index in [1.807, 2.05) is 12.1 Å². The maximum atomic E-state index is 13.1. The molecule has 8 nitrogen and oxygen atoms in total. The van der Waals surface area contributed by atoms with Crippen LogP contribution >= 0.6 is 11.6 Å². The molecule has 2 fully saturated rings. The largest absolute Gasteiger partial charge is 0.387 e. The molecule has 9 heteroatoms. The van der Waals surface area contributed by atoms with Gasteiger partial charge in [0.2, 0.25) is 0 Å². The molecule has 4 N–H and O–H groups in total. The first kappa shape index (κ1) is 30.5. The minimum atomic E-state index is -0.797. The predicted molar refractivity (Wildman–Crippen MR) is 187 cm³/mol. The van der Waals surface area contributed by atoms with Gasteiger partial charge < -0.3 is 25.3 Å². The van der Waals surface area contributed by atoms with Gasteiger partial charge in [-0.3, -0.25) is 9.69 Å². The van der Waals surface area contributed by atoms with Crippen LogP contribution in [0.4, 0.5) is 11.4 Å². The van der Waals surface area contributed by atoms with Gasteiger partial charge in [-0.1, -0.05) is 54.1 Å². The number of aliphatic hydroxyl groups is 1. The molecule has 2 atom stereocenters. The van der Waals surface area contributed by atoms with E-state index >= 15 is 0 Å². The van der Waals surface area contributed by atoms with Crippen molar-refractivity contribution in [2.75, 3.05) is 42.9 Å². The number of hydrogen-bond acceptors (Lipinski definition) is 6. The zero-order valence-corrected chi connectivity index (χ0v) is 27.0. The Morgan fingerprint density at radius 1 is 1.02 bits per heavy atom. The van der Waals surface area contributed by atoms with Crippen LogP contribution in [0.15, 0.2) is 83.8 Å². The van der Waals surface area contributed by atoms with Gasteiger partial charge in [-0.15, -0.1) is 0 Å². The SMILES string of the molecule is Cc1cc(N2CCCC3(CCCN(Cc4ccccc4)C3)C2)cc2[nH]c(-c3c(NC[C@H](O)c4cccc(Cl)c4)cc[nH]c3=O)nc12. The van der Waals surface area contributed by atoms with Crippen LogP contribution in [0.5, 0.6) is 0 Å². The molecule has 4 heterocycles. The number of benzene rings is 3. The summed E-state index contributed by atoms with van der Waals surface area (Å²) in [6.07, 6.45) is 5.75. The number of nitrogens with zero attached hydrogens (tertiary/aromatic N) is 3. The minimum Gasteiger partial charge on any atom is -0.387 e. The summed E-state index contributed by atoms with van der Waals surface area (Å²) in [7, 11) is 0. The molecule has 0 bridgehead atoms. The summed E-state index contributed by atoms with van der Waals surface area (Å²) >= 11 is 6.12. The Hall–Kier alpha value is -4.11. The zero-order valence-electron chi connectivity index (χ0n) is 26.2. The Morgan fingerprint density at radius 3 is 2.67 bits per heavy atom. The van der Waals surface area contributed by atoms with E-state index in [0.717, 1.165) is 49.3 Å². The zero-order chi connectivity index (χ0) is 31.7. The average Bonchev–Trinajstić information content (AvgIpc) is 3.48. The number of imidazole rings is 1. The molecule has 3 aromatic carbocycles. The van der Waals surface area contributed by atoms with Crippen molar-refractivity contribution >= 4 is 34.0 Å². The maximum absolute atomic E-state index is 13.1. The second-order valence-corrected chi connectivity index (χ2v) is 13.6. The van der Waals surface area contributed by atoms with Gasteiger partial charge >= 0.3 is 0 Å². The number of aromatic amines is 2. The van der Waals surface area contributed by atoms with Gasteiger partial charge in [0.15, 0.2) is 0 Å². The summed E-state index contributed by atoms with van der Waals surface area (Å²) in [6.45, 7) is 7.69. The van der Waals surface area contributed by atoms with Crippen LogP contribution in [0.1, 0.15) is 48.5 Å². The summed E-state index contributed by atoms with van der Waals surface area (Å²) < 4.78 is 0. The molecule has 0 radical (unpaired) electrons. The van der Waals surface area contributed by atoms with Crippen LogP contribution in [-0.2, 0) is 6.54 Å². The van der Waals surface area contributed by atoms with E-state index in [1.165, 1.54) is 36.9 Å². The van der Waals surface area contributed by atoms with Crippen LogP contribution in [0, 0.1) is 12.3 Å². The molecule has 0 saturated carbocycles. The van der Waals surface area contributed by atoms with Gasteiger partial charge in [-0.05, 0) is 86.2 Å². The molecule has 2 aliphatic rings. The molecule has 5 aromatic rings. The monoisotopic (exact) mass is 636 g/mol. The Balaban J connectivity index is 1.12. The van der Waals surface area contributed by atoms with Crippen molar-refractivity contribution in [1.29, 1.82) is 0 Å². The third-order valence-electron chi connectivity index (χ3n) is 9.69. The molecule has 238 valence electrons. The topological polar surface area (TPSA) is 100 Å². The van der Waals surface area contributed by atoms with Crippen molar-refractivity contribution in [3.8, 4) is 11.4 Å². The molecule has 0 aliphatic carbocycles. The number of anilines is 2. The number of piperidine rings is 2. The Labute approximate surface area is 274 Å². The number of H-pyrrole nitrogens is 2. The fraction of sp³-hybridized carbons (Fsp3) is 0.351. The number of halogens is 1. The van der Waals surface area contributed by atoms with Crippen molar-refractivity contribution in [1.82, 2.24) is 19.9 Å². The third kappa shape index (κ3) is 6.43. The van der Waals surface area contributed by atoms with Crippen LogP contribution in [0.2, 0.25) is 5.02 Å². The van der Waals surface area contributed by atoms with Gasteiger partial charge in [-0.25, -0.2) is 4.98 Å². The number of pyridine rings is 1. The number of likely N-dealkylation sites (tertiary alicyclic amines) is 1. The van der Waals surface area contributed by atoms with E-state index in [1.54, 1.807) is 24.4 Å². The first-order chi connectivity index (χ1) is 22.4. The second kappa shape index (κ2) is 12.9. The lowest BCUT2D eigenvalue weighted by Gasteiger charge is -2.49. The summed E-state index contributed by atoms with van der Waals surface area (Å²) in [6, 6.07) is 24.2. The normalized spacial score (nSPS) is 19.5. The van der Waals surface area contributed by atoms with Gasteiger partial charge in [-0.2, -0.15) is 0 Å². The maximum Gasteiger partial charge on any atom is 0.261 e. The van der Waals surface area contributed by atoms with Gasteiger partial charge in [0.05, 0.1) is 22.8 Å². The van der Waals surface area contributed by atoms with Crippen molar-refractivity contribution < 1.29 is 5.11 Å². The van der Waals surface area contributed by atoms with E-state index in [-0.39, 0.29) is 12.1 Å². The molecule has 1 spiro atoms. The molecule has 7 rings (SSSR count). The van der Waals surface area contributed by atoms with Crippen LogP contribution in [-0.4, -0.2) is 57.7 Å². The van der Waals surface area contributed by atoms with Crippen molar-refractivity contribution in [2.45, 2.75) is 45.3 Å². The summed E-state index contributed by atoms with van der Waals surface area (Å²) in [4.78, 5) is 29.5. The van der Waals surface area contributed by atoms with Gasteiger partial charge in [0.25, 0.3) is 5.56 Å².